The Kier molecular flexibility index (Phi) is 6.73. The van der Waals surface area contributed by atoms with E-state index in [-0.39, 0.29) is 25.0 Å². The van der Waals surface area contributed by atoms with Crippen molar-refractivity contribution in [3.05, 3.63) is 47.5 Å². The molecule has 1 aliphatic heterocycles. The number of hydrogen-bond donors (Lipinski definition) is 1. The zero-order chi connectivity index (χ0) is 19.9. The zero-order valence-corrected chi connectivity index (χ0v) is 16.2. The minimum absolute atomic E-state index is 0.0135. The Balaban J connectivity index is 1.62. The van der Waals surface area contributed by atoms with Gasteiger partial charge in [-0.05, 0) is 48.9 Å². The Hall–Kier alpha value is -2.77. The molecular weight excluding hydrogens is 384 g/mol. The van der Waals surface area contributed by atoms with E-state index < -0.39 is 0 Å². The molecule has 2 amide bonds. The second kappa shape index (κ2) is 9.43. The van der Waals surface area contributed by atoms with Crippen LogP contribution in [0.25, 0.3) is 0 Å². The lowest BCUT2D eigenvalue weighted by Gasteiger charge is -2.29. The van der Waals surface area contributed by atoms with Gasteiger partial charge in [-0.25, -0.2) is 0 Å². The van der Waals surface area contributed by atoms with Crippen LogP contribution in [-0.4, -0.2) is 45.3 Å². The highest BCUT2D eigenvalue weighted by Crippen LogP contribution is 2.34. The summed E-state index contributed by atoms with van der Waals surface area (Å²) in [5.74, 6) is 0.914. The summed E-state index contributed by atoms with van der Waals surface area (Å²) in [4.78, 5) is 25.7. The molecule has 0 spiro atoms. The Morgan fingerprint density at radius 1 is 1.25 bits per heavy atom. The molecular formula is C20H21ClN2O5. The van der Waals surface area contributed by atoms with Gasteiger partial charge in [0, 0.05) is 24.4 Å². The van der Waals surface area contributed by atoms with Crippen LogP contribution >= 0.6 is 11.6 Å². The van der Waals surface area contributed by atoms with Gasteiger partial charge in [0.25, 0.3) is 5.91 Å². The van der Waals surface area contributed by atoms with Crippen molar-refractivity contribution in [2.24, 2.45) is 0 Å². The summed E-state index contributed by atoms with van der Waals surface area (Å²) in [7, 11) is 1.45. The van der Waals surface area contributed by atoms with E-state index in [1.54, 1.807) is 47.4 Å². The van der Waals surface area contributed by atoms with Crippen LogP contribution in [0.15, 0.2) is 42.5 Å². The minimum atomic E-state index is -0.270. The Labute approximate surface area is 168 Å². The van der Waals surface area contributed by atoms with E-state index in [0.29, 0.717) is 41.7 Å². The van der Waals surface area contributed by atoms with Crippen LogP contribution < -0.4 is 19.7 Å². The second-order valence-electron chi connectivity index (χ2n) is 6.15. The van der Waals surface area contributed by atoms with Gasteiger partial charge in [-0.3, -0.25) is 9.59 Å². The van der Waals surface area contributed by atoms with Crippen molar-refractivity contribution in [1.82, 2.24) is 0 Å². The summed E-state index contributed by atoms with van der Waals surface area (Å²) in [6, 6.07) is 12.3. The van der Waals surface area contributed by atoms with Gasteiger partial charge < -0.3 is 24.4 Å². The highest BCUT2D eigenvalue weighted by Gasteiger charge is 2.25. The van der Waals surface area contributed by atoms with Gasteiger partial charge in [-0.1, -0.05) is 11.6 Å². The maximum Gasteiger partial charge on any atom is 0.265 e. The molecule has 0 fully saturated rings. The molecule has 1 heterocycles. The lowest BCUT2D eigenvalue weighted by atomic mass is 10.2. The van der Waals surface area contributed by atoms with Gasteiger partial charge in [0.1, 0.15) is 18.1 Å². The van der Waals surface area contributed by atoms with Crippen molar-refractivity contribution in [2.45, 2.75) is 6.42 Å². The number of ether oxygens (including phenoxy) is 3. The molecule has 2 aromatic rings. The van der Waals surface area contributed by atoms with Gasteiger partial charge in [0.15, 0.2) is 6.61 Å². The average Bonchev–Trinajstić information content (AvgIpc) is 2.68. The first-order chi connectivity index (χ1) is 13.6. The zero-order valence-electron chi connectivity index (χ0n) is 15.4. The number of halogens is 1. The summed E-state index contributed by atoms with van der Waals surface area (Å²) in [5, 5.41) is 3.38. The molecule has 8 heteroatoms. The van der Waals surface area contributed by atoms with Crippen molar-refractivity contribution in [3.63, 3.8) is 0 Å². The molecule has 0 saturated heterocycles. The van der Waals surface area contributed by atoms with Crippen molar-refractivity contribution in [2.75, 3.05) is 43.7 Å². The number of amides is 2. The average molecular weight is 405 g/mol. The molecule has 0 atom stereocenters. The molecule has 0 bridgehead atoms. The number of methoxy groups -OCH3 is 1. The quantitative estimate of drug-likeness (QED) is 0.684. The number of rotatable bonds is 8. The lowest BCUT2D eigenvalue weighted by molar-refractivity contribution is -0.121. The third-order valence-corrected chi connectivity index (χ3v) is 4.32. The SMILES string of the molecule is COCC(=O)Nc1ccc2c(c1)N(CCCOc1ccc(Cl)cc1)C(=O)CO2. The summed E-state index contributed by atoms with van der Waals surface area (Å²) in [6.07, 6.45) is 0.633. The van der Waals surface area contributed by atoms with Gasteiger partial charge >= 0.3 is 0 Å². The molecule has 0 aromatic heterocycles. The van der Waals surface area contributed by atoms with Gasteiger partial charge in [-0.2, -0.15) is 0 Å². The lowest BCUT2D eigenvalue weighted by Crippen LogP contribution is -2.39. The predicted molar refractivity (Wildman–Crippen MR) is 106 cm³/mol. The van der Waals surface area contributed by atoms with E-state index in [4.69, 9.17) is 25.8 Å². The van der Waals surface area contributed by atoms with Crippen LogP contribution in [0, 0.1) is 0 Å². The van der Waals surface area contributed by atoms with E-state index in [9.17, 15) is 9.59 Å². The molecule has 1 N–H and O–H groups in total. The highest BCUT2D eigenvalue weighted by atomic mass is 35.5. The van der Waals surface area contributed by atoms with Crippen LogP contribution in [0.5, 0.6) is 11.5 Å². The summed E-state index contributed by atoms with van der Waals surface area (Å²) in [5.41, 5.74) is 1.19. The number of carbonyl (C=O) groups is 2. The Morgan fingerprint density at radius 2 is 2.04 bits per heavy atom. The van der Waals surface area contributed by atoms with Crippen molar-refractivity contribution in [3.8, 4) is 11.5 Å². The van der Waals surface area contributed by atoms with Crippen LogP contribution in [0.1, 0.15) is 6.42 Å². The smallest absolute Gasteiger partial charge is 0.265 e. The van der Waals surface area contributed by atoms with Gasteiger partial charge in [0.05, 0.1) is 12.3 Å². The maximum atomic E-state index is 12.3. The summed E-state index contributed by atoms with van der Waals surface area (Å²) < 4.78 is 16.0. The fraction of sp³-hybridized carbons (Fsp3) is 0.300. The molecule has 7 nitrogen and oxygen atoms in total. The summed E-state index contributed by atoms with van der Waals surface area (Å²) >= 11 is 5.86. The van der Waals surface area contributed by atoms with Crippen molar-refractivity contribution >= 4 is 34.8 Å². The van der Waals surface area contributed by atoms with Crippen molar-refractivity contribution in [1.29, 1.82) is 0 Å². The number of nitrogens with one attached hydrogen (secondary N) is 1. The predicted octanol–water partition coefficient (Wildman–Crippen LogP) is 3.12. The van der Waals surface area contributed by atoms with Crippen LogP contribution in [-0.2, 0) is 14.3 Å². The maximum absolute atomic E-state index is 12.3. The monoisotopic (exact) mass is 404 g/mol. The first-order valence-corrected chi connectivity index (χ1v) is 9.19. The van der Waals surface area contributed by atoms with Gasteiger partial charge in [0.2, 0.25) is 5.91 Å². The first kappa shape index (κ1) is 20.0. The fourth-order valence-corrected chi connectivity index (χ4v) is 2.92. The topological polar surface area (TPSA) is 77.1 Å². The fourth-order valence-electron chi connectivity index (χ4n) is 2.80. The number of fused-ring (bicyclic) bond motifs is 1. The van der Waals surface area contributed by atoms with E-state index in [1.807, 2.05) is 0 Å². The van der Waals surface area contributed by atoms with Crippen LogP contribution in [0.4, 0.5) is 11.4 Å². The number of nitrogens with zero attached hydrogens (tertiary/aromatic N) is 1. The Bertz CT molecular complexity index is 841. The third kappa shape index (κ3) is 5.15. The van der Waals surface area contributed by atoms with Gasteiger partial charge in [-0.15, -0.1) is 0 Å². The molecule has 0 unspecified atom stereocenters. The minimum Gasteiger partial charge on any atom is -0.494 e. The Morgan fingerprint density at radius 3 is 2.79 bits per heavy atom. The normalized spacial score (nSPS) is 12.9. The second-order valence-corrected chi connectivity index (χ2v) is 6.59. The molecule has 148 valence electrons. The van der Waals surface area contributed by atoms with Crippen LogP contribution in [0.3, 0.4) is 0 Å². The highest BCUT2D eigenvalue weighted by molar-refractivity contribution is 6.30. The third-order valence-electron chi connectivity index (χ3n) is 4.07. The molecule has 2 aromatic carbocycles. The van der Waals surface area contributed by atoms with E-state index in [1.165, 1.54) is 7.11 Å². The van der Waals surface area contributed by atoms with Crippen LogP contribution in [0.2, 0.25) is 5.02 Å². The molecule has 28 heavy (non-hydrogen) atoms. The first-order valence-electron chi connectivity index (χ1n) is 8.81. The van der Waals surface area contributed by atoms with E-state index in [0.717, 1.165) is 5.75 Å². The van der Waals surface area contributed by atoms with Crippen molar-refractivity contribution < 1.29 is 23.8 Å². The number of benzene rings is 2. The standard InChI is InChI=1S/C20H21ClN2O5/c1-26-12-19(24)22-15-5-8-18-17(11-15)23(20(25)13-28-18)9-2-10-27-16-6-3-14(21)4-7-16/h3-8,11H,2,9-10,12-13H2,1H3,(H,22,24). The number of hydrogen-bond acceptors (Lipinski definition) is 5. The molecule has 0 radical (unpaired) electrons. The number of anilines is 2. The van der Waals surface area contributed by atoms with E-state index in [2.05, 4.69) is 5.32 Å². The largest absolute Gasteiger partial charge is 0.494 e. The molecule has 0 aliphatic carbocycles. The molecule has 0 saturated carbocycles. The molecule has 3 rings (SSSR count). The number of carbonyl (C=O) groups excluding carboxylic acids is 2. The molecule has 1 aliphatic rings. The van der Waals surface area contributed by atoms with E-state index >= 15 is 0 Å². The summed E-state index contributed by atoms with van der Waals surface area (Å²) in [6.45, 7) is 0.864.